The number of carbonyl (C=O) groups is 1. The van der Waals surface area contributed by atoms with Gasteiger partial charge in [0.2, 0.25) is 0 Å². The Morgan fingerprint density at radius 2 is 1.74 bits per heavy atom. The van der Waals surface area contributed by atoms with Gasteiger partial charge in [-0.3, -0.25) is 14.7 Å². The Balaban J connectivity index is 1.13. The Labute approximate surface area is 213 Å². The molecule has 0 N–H and O–H groups in total. The molecule has 2 aromatic heterocycles. The number of amides is 1. The van der Waals surface area contributed by atoms with Gasteiger partial charge in [-0.15, -0.1) is 11.3 Å². The average molecular weight is 502 g/mol. The fraction of sp³-hybridized carbons (Fsp3) is 0.222. The molecule has 2 aromatic carbocycles. The monoisotopic (exact) mass is 501 g/mol. The molecule has 1 amide bonds. The van der Waals surface area contributed by atoms with Crippen molar-refractivity contribution in [2.45, 2.75) is 13.1 Å². The van der Waals surface area contributed by atoms with Crippen LogP contribution in [0.1, 0.15) is 20.8 Å². The van der Waals surface area contributed by atoms with Crippen molar-refractivity contribution >= 4 is 40.2 Å². The number of rotatable bonds is 5. The minimum Gasteiger partial charge on any atom is -0.369 e. The van der Waals surface area contributed by atoms with Crippen molar-refractivity contribution in [3.8, 4) is 10.6 Å². The number of benzene rings is 2. The molecule has 1 saturated heterocycles. The Hall–Kier alpha value is -3.26. The van der Waals surface area contributed by atoms with Crippen LogP contribution in [-0.2, 0) is 13.1 Å². The van der Waals surface area contributed by atoms with Gasteiger partial charge in [0.1, 0.15) is 5.01 Å². The maximum Gasteiger partial charge on any atom is 0.260 e. The SMILES string of the molecule is O=C1c2c(Cl)cccc2CN1c1cccc(-c2ncc(CN3CCN(c4ccncc4)CC3)s2)c1. The number of piperazine rings is 1. The van der Waals surface area contributed by atoms with Crippen molar-refractivity contribution in [3.63, 3.8) is 0 Å². The van der Waals surface area contributed by atoms with Crippen molar-refractivity contribution in [2.24, 2.45) is 0 Å². The first kappa shape index (κ1) is 22.2. The van der Waals surface area contributed by atoms with Gasteiger partial charge in [0.15, 0.2) is 0 Å². The van der Waals surface area contributed by atoms with Crippen LogP contribution >= 0.6 is 22.9 Å². The number of fused-ring (bicyclic) bond motifs is 1. The number of hydrogen-bond donors (Lipinski definition) is 0. The molecule has 0 saturated carbocycles. The van der Waals surface area contributed by atoms with Gasteiger partial charge >= 0.3 is 0 Å². The summed E-state index contributed by atoms with van der Waals surface area (Å²) in [6.45, 7) is 5.49. The first-order chi connectivity index (χ1) is 17.2. The fourth-order valence-electron chi connectivity index (χ4n) is 4.79. The average Bonchev–Trinajstić information content (AvgIpc) is 3.50. The second-order valence-electron chi connectivity index (χ2n) is 8.82. The topological polar surface area (TPSA) is 52.6 Å². The van der Waals surface area contributed by atoms with E-state index in [1.54, 1.807) is 22.3 Å². The van der Waals surface area contributed by atoms with Crippen LogP contribution in [0.25, 0.3) is 10.6 Å². The molecule has 0 bridgehead atoms. The van der Waals surface area contributed by atoms with Crippen molar-refractivity contribution in [1.82, 2.24) is 14.9 Å². The summed E-state index contributed by atoms with van der Waals surface area (Å²) in [6, 6.07) is 17.8. The van der Waals surface area contributed by atoms with E-state index in [9.17, 15) is 4.79 Å². The largest absolute Gasteiger partial charge is 0.369 e. The van der Waals surface area contributed by atoms with Gasteiger partial charge in [-0.1, -0.05) is 35.9 Å². The Morgan fingerprint density at radius 3 is 2.54 bits per heavy atom. The summed E-state index contributed by atoms with van der Waals surface area (Å²) < 4.78 is 0. The van der Waals surface area contributed by atoms with Crippen LogP contribution in [-0.4, -0.2) is 47.0 Å². The maximum atomic E-state index is 13.0. The maximum absolute atomic E-state index is 13.0. The summed E-state index contributed by atoms with van der Waals surface area (Å²) in [7, 11) is 0. The Kier molecular flexibility index (Phi) is 5.98. The van der Waals surface area contributed by atoms with Crippen LogP contribution in [0.3, 0.4) is 0 Å². The normalized spacial score (nSPS) is 16.1. The molecule has 176 valence electrons. The third kappa shape index (κ3) is 4.43. The van der Waals surface area contributed by atoms with E-state index in [0.717, 1.165) is 54.5 Å². The van der Waals surface area contributed by atoms with Crippen LogP contribution in [0.5, 0.6) is 0 Å². The lowest BCUT2D eigenvalue weighted by atomic mass is 10.1. The predicted molar refractivity (Wildman–Crippen MR) is 141 cm³/mol. The Bertz CT molecular complexity index is 1370. The third-order valence-electron chi connectivity index (χ3n) is 6.63. The number of anilines is 2. The number of thiazole rings is 1. The first-order valence-corrected chi connectivity index (χ1v) is 12.9. The van der Waals surface area contributed by atoms with E-state index in [1.807, 2.05) is 48.9 Å². The van der Waals surface area contributed by atoms with Crippen molar-refractivity contribution < 1.29 is 4.79 Å². The lowest BCUT2D eigenvalue weighted by molar-refractivity contribution is 0.0997. The minimum atomic E-state index is -0.0477. The third-order valence-corrected chi connectivity index (χ3v) is 7.97. The minimum absolute atomic E-state index is 0.0477. The molecule has 0 spiro atoms. The summed E-state index contributed by atoms with van der Waals surface area (Å²) in [4.78, 5) is 29.8. The summed E-state index contributed by atoms with van der Waals surface area (Å²) in [5.74, 6) is -0.0477. The van der Waals surface area contributed by atoms with Crippen LogP contribution in [0.2, 0.25) is 5.02 Å². The molecule has 2 aliphatic heterocycles. The summed E-state index contributed by atoms with van der Waals surface area (Å²) in [6.07, 6.45) is 5.69. The van der Waals surface area contributed by atoms with E-state index in [0.29, 0.717) is 17.1 Å². The molecule has 2 aliphatic rings. The van der Waals surface area contributed by atoms with Gasteiger partial charge in [0, 0.05) is 73.1 Å². The smallest absolute Gasteiger partial charge is 0.260 e. The fourth-order valence-corrected chi connectivity index (χ4v) is 6.01. The highest BCUT2D eigenvalue weighted by atomic mass is 35.5. The standard InChI is InChI=1S/C27H24ClN5OS/c28-24-6-2-4-20-17-33(27(34)25(20)24)22-5-1-3-19(15-22)26-30-16-23(35-26)18-31-11-13-32(14-12-31)21-7-9-29-10-8-21/h1-10,15-16H,11-14,17-18H2. The van der Waals surface area contributed by atoms with Crippen LogP contribution < -0.4 is 9.80 Å². The summed E-state index contributed by atoms with van der Waals surface area (Å²) in [5, 5.41) is 1.48. The lowest BCUT2D eigenvalue weighted by Gasteiger charge is -2.35. The molecule has 0 aliphatic carbocycles. The molecule has 0 unspecified atom stereocenters. The van der Waals surface area contributed by atoms with Crippen LogP contribution in [0.15, 0.2) is 73.2 Å². The highest BCUT2D eigenvalue weighted by Crippen LogP contribution is 2.35. The molecule has 35 heavy (non-hydrogen) atoms. The van der Waals surface area contributed by atoms with Crippen LogP contribution in [0, 0.1) is 0 Å². The highest BCUT2D eigenvalue weighted by molar-refractivity contribution is 7.15. The molecule has 0 radical (unpaired) electrons. The van der Waals surface area contributed by atoms with E-state index < -0.39 is 0 Å². The predicted octanol–water partition coefficient (Wildman–Crippen LogP) is 5.34. The number of pyridine rings is 1. The van der Waals surface area contributed by atoms with Gasteiger partial charge in [-0.25, -0.2) is 4.98 Å². The van der Waals surface area contributed by atoms with Gasteiger partial charge in [0.25, 0.3) is 5.91 Å². The number of hydrogen-bond acceptors (Lipinski definition) is 6. The summed E-state index contributed by atoms with van der Waals surface area (Å²) in [5.41, 5.74) is 4.70. The first-order valence-electron chi connectivity index (χ1n) is 11.7. The van der Waals surface area contributed by atoms with Crippen molar-refractivity contribution in [1.29, 1.82) is 0 Å². The van der Waals surface area contributed by atoms with E-state index in [1.165, 1.54) is 10.6 Å². The quantitative estimate of drug-likeness (QED) is 0.369. The lowest BCUT2D eigenvalue weighted by Crippen LogP contribution is -2.45. The number of carbonyl (C=O) groups excluding carboxylic acids is 1. The van der Waals surface area contributed by atoms with Gasteiger partial charge in [-0.05, 0) is 35.9 Å². The van der Waals surface area contributed by atoms with E-state index in [-0.39, 0.29) is 5.91 Å². The molecular formula is C27H24ClN5OS. The molecule has 8 heteroatoms. The highest BCUT2D eigenvalue weighted by Gasteiger charge is 2.30. The molecule has 6 rings (SSSR count). The zero-order chi connectivity index (χ0) is 23.8. The number of nitrogens with zero attached hydrogens (tertiary/aromatic N) is 5. The molecule has 6 nitrogen and oxygen atoms in total. The number of aromatic nitrogens is 2. The van der Waals surface area contributed by atoms with Gasteiger partial charge in [0.05, 0.1) is 17.1 Å². The Morgan fingerprint density at radius 1 is 0.943 bits per heavy atom. The molecule has 0 atom stereocenters. The van der Waals surface area contributed by atoms with E-state index in [4.69, 9.17) is 16.6 Å². The summed E-state index contributed by atoms with van der Waals surface area (Å²) >= 11 is 8.02. The molecular weight excluding hydrogens is 478 g/mol. The van der Waals surface area contributed by atoms with Crippen LogP contribution in [0.4, 0.5) is 11.4 Å². The molecule has 4 aromatic rings. The van der Waals surface area contributed by atoms with Crippen molar-refractivity contribution in [2.75, 3.05) is 36.0 Å². The second kappa shape index (κ2) is 9.41. The second-order valence-corrected chi connectivity index (χ2v) is 10.3. The van der Waals surface area contributed by atoms with Gasteiger partial charge in [-0.2, -0.15) is 0 Å². The number of halogens is 1. The molecule has 4 heterocycles. The van der Waals surface area contributed by atoms with E-state index in [2.05, 4.69) is 33.0 Å². The van der Waals surface area contributed by atoms with E-state index >= 15 is 0 Å². The van der Waals surface area contributed by atoms with Crippen molar-refractivity contribution in [3.05, 3.63) is 94.2 Å². The van der Waals surface area contributed by atoms with Gasteiger partial charge < -0.3 is 9.80 Å². The molecule has 1 fully saturated rings. The zero-order valence-corrected chi connectivity index (χ0v) is 20.7. The zero-order valence-electron chi connectivity index (χ0n) is 19.1.